The van der Waals surface area contributed by atoms with Crippen LogP contribution in [0, 0.1) is 0 Å². The lowest BCUT2D eigenvalue weighted by molar-refractivity contribution is 0.469. The zero-order chi connectivity index (χ0) is 13.9. The Bertz CT molecular complexity index is 611. The summed E-state index contributed by atoms with van der Waals surface area (Å²) in [6.07, 6.45) is 2.59. The average molecular weight is 397 g/mol. The normalized spacial score (nSPS) is 14.3. The zero-order valence-electron chi connectivity index (χ0n) is 10.9. The lowest BCUT2D eigenvalue weighted by Gasteiger charge is -2.13. The summed E-state index contributed by atoms with van der Waals surface area (Å²) in [7, 11) is 0. The third kappa shape index (κ3) is 3.62. The average Bonchev–Trinajstić information content (AvgIpc) is 3.25. The van der Waals surface area contributed by atoms with E-state index in [0.717, 1.165) is 27.0 Å². The second kappa shape index (κ2) is 6.29. The van der Waals surface area contributed by atoms with E-state index in [1.807, 2.05) is 36.4 Å². The Balaban J connectivity index is 1.78. The van der Waals surface area contributed by atoms with Gasteiger partial charge in [-0.3, -0.25) is 0 Å². The van der Waals surface area contributed by atoms with Gasteiger partial charge in [-0.15, -0.1) is 0 Å². The highest BCUT2D eigenvalue weighted by molar-refractivity contribution is 9.11. The Morgan fingerprint density at radius 2 is 1.85 bits per heavy atom. The minimum absolute atomic E-state index is 0.697. The van der Waals surface area contributed by atoms with Gasteiger partial charge in [0.2, 0.25) is 0 Å². The molecule has 1 aliphatic rings. The smallest absolute Gasteiger partial charge is 0.141 e. The first-order valence-corrected chi connectivity index (χ1v) is 8.25. The highest BCUT2D eigenvalue weighted by Crippen LogP contribution is 2.33. The standard InChI is InChI=1S/C16H15Br2NO/c17-12-5-8-16(14(18)9-12)20-15-4-2-1-3-11(15)10-19-13-6-7-13/h1-5,8-9,13,19H,6-7,10H2. The number of halogens is 2. The number of rotatable bonds is 5. The van der Waals surface area contributed by atoms with E-state index in [4.69, 9.17) is 4.74 Å². The molecule has 0 bridgehead atoms. The van der Waals surface area contributed by atoms with Gasteiger partial charge >= 0.3 is 0 Å². The monoisotopic (exact) mass is 395 g/mol. The Hall–Kier alpha value is -0.840. The van der Waals surface area contributed by atoms with Crippen molar-refractivity contribution in [1.29, 1.82) is 0 Å². The molecule has 0 unspecified atom stereocenters. The number of nitrogens with one attached hydrogen (secondary N) is 1. The van der Waals surface area contributed by atoms with Crippen molar-refractivity contribution in [2.75, 3.05) is 0 Å². The highest BCUT2D eigenvalue weighted by Gasteiger charge is 2.20. The fourth-order valence-electron chi connectivity index (χ4n) is 1.97. The third-order valence-corrected chi connectivity index (χ3v) is 4.36. The maximum absolute atomic E-state index is 6.04. The predicted octanol–water partition coefficient (Wildman–Crippen LogP) is 5.26. The van der Waals surface area contributed by atoms with Crippen LogP contribution in [0.25, 0.3) is 0 Å². The van der Waals surface area contributed by atoms with Crippen molar-refractivity contribution in [2.24, 2.45) is 0 Å². The molecule has 0 saturated heterocycles. The van der Waals surface area contributed by atoms with Gasteiger partial charge in [0.25, 0.3) is 0 Å². The molecule has 1 aliphatic carbocycles. The molecule has 0 heterocycles. The summed E-state index contributed by atoms with van der Waals surface area (Å²) in [6, 6.07) is 14.8. The molecule has 0 atom stereocenters. The largest absolute Gasteiger partial charge is 0.456 e. The maximum atomic E-state index is 6.04. The summed E-state index contributed by atoms with van der Waals surface area (Å²) in [6.45, 7) is 0.856. The topological polar surface area (TPSA) is 21.3 Å². The van der Waals surface area contributed by atoms with Crippen molar-refractivity contribution in [1.82, 2.24) is 5.32 Å². The van der Waals surface area contributed by atoms with E-state index in [0.29, 0.717) is 6.04 Å². The van der Waals surface area contributed by atoms with Gasteiger partial charge in [0.15, 0.2) is 0 Å². The van der Waals surface area contributed by atoms with Crippen LogP contribution in [0.2, 0.25) is 0 Å². The zero-order valence-corrected chi connectivity index (χ0v) is 14.1. The van der Waals surface area contributed by atoms with Gasteiger partial charge in [0.05, 0.1) is 4.47 Å². The second-order valence-corrected chi connectivity index (χ2v) is 6.71. The van der Waals surface area contributed by atoms with Crippen molar-refractivity contribution >= 4 is 31.9 Å². The lowest BCUT2D eigenvalue weighted by atomic mass is 10.2. The van der Waals surface area contributed by atoms with Gasteiger partial charge in [-0.2, -0.15) is 0 Å². The van der Waals surface area contributed by atoms with Crippen LogP contribution < -0.4 is 10.1 Å². The summed E-state index contributed by atoms with van der Waals surface area (Å²) in [5, 5.41) is 3.52. The van der Waals surface area contributed by atoms with Gasteiger partial charge in [0.1, 0.15) is 11.5 Å². The van der Waals surface area contributed by atoms with Crippen LogP contribution in [0.3, 0.4) is 0 Å². The molecular weight excluding hydrogens is 382 g/mol. The molecule has 1 saturated carbocycles. The number of hydrogen-bond acceptors (Lipinski definition) is 2. The van der Waals surface area contributed by atoms with Crippen LogP contribution in [-0.4, -0.2) is 6.04 Å². The van der Waals surface area contributed by atoms with Crippen LogP contribution in [0.15, 0.2) is 51.4 Å². The van der Waals surface area contributed by atoms with Crippen LogP contribution in [0.5, 0.6) is 11.5 Å². The first-order valence-electron chi connectivity index (χ1n) is 6.66. The summed E-state index contributed by atoms with van der Waals surface area (Å²) in [5.41, 5.74) is 1.19. The SMILES string of the molecule is Brc1ccc(Oc2ccccc2CNC2CC2)c(Br)c1. The Morgan fingerprint density at radius 1 is 1.05 bits per heavy atom. The molecule has 0 radical (unpaired) electrons. The molecule has 2 nitrogen and oxygen atoms in total. The Labute approximate surface area is 135 Å². The number of benzene rings is 2. The minimum Gasteiger partial charge on any atom is -0.456 e. The molecule has 2 aromatic rings. The molecule has 20 heavy (non-hydrogen) atoms. The molecule has 3 rings (SSSR count). The molecular formula is C16H15Br2NO. The highest BCUT2D eigenvalue weighted by atomic mass is 79.9. The predicted molar refractivity (Wildman–Crippen MR) is 88.2 cm³/mol. The van der Waals surface area contributed by atoms with Crippen molar-refractivity contribution in [3.63, 3.8) is 0 Å². The van der Waals surface area contributed by atoms with E-state index in [9.17, 15) is 0 Å². The number of para-hydroxylation sites is 1. The first-order chi connectivity index (χ1) is 9.72. The van der Waals surface area contributed by atoms with E-state index in [2.05, 4.69) is 43.2 Å². The van der Waals surface area contributed by atoms with Crippen LogP contribution in [0.4, 0.5) is 0 Å². The molecule has 0 aromatic heterocycles. The summed E-state index contributed by atoms with van der Waals surface area (Å²) < 4.78 is 8.01. The van der Waals surface area contributed by atoms with Gasteiger partial charge in [0, 0.05) is 22.6 Å². The summed E-state index contributed by atoms with van der Waals surface area (Å²) in [4.78, 5) is 0. The Kier molecular flexibility index (Phi) is 4.44. The van der Waals surface area contributed by atoms with Crippen molar-refractivity contribution in [3.8, 4) is 11.5 Å². The van der Waals surface area contributed by atoms with Gasteiger partial charge in [-0.05, 0) is 53.0 Å². The van der Waals surface area contributed by atoms with E-state index in [1.54, 1.807) is 0 Å². The molecule has 4 heteroatoms. The molecule has 0 spiro atoms. The van der Waals surface area contributed by atoms with Crippen molar-refractivity contribution in [3.05, 3.63) is 57.0 Å². The van der Waals surface area contributed by atoms with Crippen LogP contribution >= 0.6 is 31.9 Å². The van der Waals surface area contributed by atoms with E-state index >= 15 is 0 Å². The van der Waals surface area contributed by atoms with Gasteiger partial charge in [-0.25, -0.2) is 0 Å². The fourth-order valence-corrected chi connectivity index (χ4v) is 3.10. The van der Waals surface area contributed by atoms with Gasteiger partial charge in [-0.1, -0.05) is 34.1 Å². The number of ether oxygens (including phenoxy) is 1. The van der Waals surface area contributed by atoms with E-state index in [1.165, 1.54) is 18.4 Å². The van der Waals surface area contributed by atoms with Crippen LogP contribution in [0.1, 0.15) is 18.4 Å². The maximum Gasteiger partial charge on any atom is 0.141 e. The van der Waals surface area contributed by atoms with E-state index in [-0.39, 0.29) is 0 Å². The quantitative estimate of drug-likeness (QED) is 0.744. The molecule has 1 N–H and O–H groups in total. The lowest BCUT2D eigenvalue weighted by Crippen LogP contribution is -2.15. The minimum atomic E-state index is 0.697. The number of hydrogen-bond donors (Lipinski definition) is 1. The molecule has 1 fully saturated rings. The molecule has 0 amide bonds. The Morgan fingerprint density at radius 3 is 2.60 bits per heavy atom. The van der Waals surface area contributed by atoms with Crippen molar-refractivity contribution in [2.45, 2.75) is 25.4 Å². The molecule has 0 aliphatic heterocycles. The third-order valence-electron chi connectivity index (χ3n) is 3.24. The first kappa shape index (κ1) is 14.1. The second-order valence-electron chi connectivity index (χ2n) is 4.94. The summed E-state index contributed by atoms with van der Waals surface area (Å²) in [5.74, 6) is 1.73. The van der Waals surface area contributed by atoms with E-state index < -0.39 is 0 Å². The fraction of sp³-hybridized carbons (Fsp3) is 0.250. The van der Waals surface area contributed by atoms with Gasteiger partial charge < -0.3 is 10.1 Å². The molecule has 2 aromatic carbocycles. The van der Waals surface area contributed by atoms with Crippen LogP contribution in [-0.2, 0) is 6.54 Å². The summed E-state index contributed by atoms with van der Waals surface area (Å²) >= 11 is 6.98. The molecule has 104 valence electrons. The van der Waals surface area contributed by atoms with Crippen molar-refractivity contribution < 1.29 is 4.74 Å².